The van der Waals surface area contributed by atoms with Crippen LogP contribution in [0.4, 0.5) is 13.2 Å². The van der Waals surface area contributed by atoms with Gasteiger partial charge in [0.15, 0.2) is 0 Å². The topological polar surface area (TPSA) is 17.8 Å². The average Bonchev–Trinajstić information content (AvgIpc) is 2.54. The van der Waals surface area contributed by atoms with Gasteiger partial charge in [-0.05, 0) is 6.42 Å². The van der Waals surface area contributed by atoms with Crippen LogP contribution in [0.2, 0.25) is 0 Å². The van der Waals surface area contributed by atoms with Crippen LogP contribution in [0, 0.1) is 0 Å². The number of nitrogens with zero attached hydrogens (tertiary/aromatic N) is 2. The molecule has 2 rings (SSSR count). The number of fused-ring (bicyclic) bond motifs is 1. The van der Waals surface area contributed by atoms with Crippen molar-refractivity contribution in [3.8, 4) is 0 Å². The highest BCUT2D eigenvalue weighted by Gasteiger charge is 2.17. The fraction of sp³-hybridized carbons (Fsp3) is 0.571. The lowest BCUT2D eigenvalue weighted by Gasteiger charge is -1.94. The fourth-order valence-electron chi connectivity index (χ4n) is 1.20. The molecule has 1 aliphatic rings. The van der Waals surface area contributed by atoms with Crippen LogP contribution >= 0.6 is 12.6 Å². The smallest absolute Gasteiger partial charge is 0.334 e. The maximum Gasteiger partial charge on any atom is 0.379 e. The van der Waals surface area contributed by atoms with Gasteiger partial charge in [-0.25, -0.2) is 4.98 Å². The first-order valence-electron chi connectivity index (χ1n) is 3.71. The van der Waals surface area contributed by atoms with E-state index in [1.807, 2.05) is 12.5 Å². The Labute approximate surface area is 79.2 Å². The highest BCUT2D eigenvalue weighted by molar-refractivity contribution is 7.80. The fourth-order valence-corrected chi connectivity index (χ4v) is 1.53. The molecule has 0 bridgehead atoms. The third kappa shape index (κ3) is 2.95. The average molecular weight is 210 g/mol. The van der Waals surface area contributed by atoms with Crippen LogP contribution in [0.1, 0.15) is 17.4 Å². The van der Waals surface area contributed by atoms with E-state index in [1.54, 1.807) is 0 Å². The Morgan fingerprint density at radius 3 is 2.69 bits per heavy atom. The monoisotopic (exact) mass is 210 g/mol. The number of halogens is 3. The largest absolute Gasteiger partial charge is 0.379 e. The van der Waals surface area contributed by atoms with E-state index < -0.39 is 6.68 Å². The number of thiol groups is 1. The van der Waals surface area contributed by atoms with Crippen LogP contribution in [0.15, 0.2) is 12.5 Å². The van der Waals surface area contributed by atoms with E-state index in [2.05, 4.69) is 22.2 Å². The van der Waals surface area contributed by atoms with E-state index in [9.17, 15) is 13.2 Å². The third-order valence-electron chi connectivity index (χ3n) is 1.73. The van der Waals surface area contributed by atoms with Gasteiger partial charge in [0.1, 0.15) is 0 Å². The molecular weight excluding hydrogens is 201 g/mol. The Morgan fingerprint density at radius 2 is 2.15 bits per heavy atom. The summed E-state index contributed by atoms with van der Waals surface area (Å²) in [6.45, 7) is -2.58. The standard InChI is InChI=1S/C6H8N2S.CHF3/c9-6-1-2-8-4-7-3-5(6)8;2-1(3)4/h3-4,6,9H,1-2H2;1H. The van der Waals surface area contributed by atoms with Crippen molar-refractivity contribution in [2.75, 3.05) is 0 Å². The van der Waals surface area contributed by atoms with E-state index >= 15 is 0 Å². The Bertz CT molecular complexity index is 261. The lowest BCUT2D eigenvalue weighted by molar-refractivity contribution is 0.00819. The molecule has 0 spiro atoms. The molecule has 1 aliphatic heterocycles. The summed E-state index contributed by atoms with van der Waals surface area (Å²) in [7, 11) is 0. The molecule has 0 radical (unpaired) electrons. The van der Waals surface area contributed by atoms with Crippen molar-refractivity contribution < 1.29 is 13.2 Å². The van der Waals surface area contributed by atoms with Gasteiger partial charge in [0.25, 0.3) is 0 Å². The third-order valence-corrected chi connectivity index (χ3v) is 2.25. The van der Waals surface area contributed by atoms with Crippen molar-refractivity contribution in [2.45, 2.75) is 24.9 Å². The normalized spacial score (nSPS) is 19.6. The van der Waals surface area contributed by atoms with Crippen LogP contribution in [0.25, 0.3) is 0 Å². The van der Waals surface area contributed by atoms with E-state index in [0.29, 0.717) is 5.25 Å². The van der Waals surface area contributed by atoms with Gasteiger partial charge in [-0.15, -0.1) is 0 Å². The maximum atomic E-state index is 9.67. The zero-order chi connectivity index (χ0) is 9.84. The lowest BCUT2D eigenvalue weighted by atomic mass is 10.3. The van der Waals surface area contributed by atoms with Crippen molar-refractivity contribution in [3.05, 3.63) is 18.2 Å². The molecular formula is C7H9F3N2S. The quantitative estimate of drug-likeness (QED) is 0.651. The van der Waals surface area contributed by atoms with E-state index in [-0.39, 0.29) is 0 Å². The van der Waals surface area contributed by atoms with Gasteiger partial charge in [-0.2, -0.15) is 25.8 Å². The summed E-state index contributed by atoms with van der Waals surface area (Å²) in [4.78, 5) is 4.01. The van der Waals surface area contributed by atoms with Crippen molar-refractivity contribution >= 4 is 12.6 Å². The van der Waals surface area contributed by atoms with E-state index in [0.717, 1.165) is 13.0 Å². The summed E-state index contributed by atoms with van der Waals surface area (Å²) in [5, 5.41) is 0.424. The first kappa shape index (κ1) is 10.4. The number of alkyl halides is 3. The Hall–Kier alpha value is -0.650. The summed E-state index contributed by atoms with van der Waals surface area (Å²) in [5.74, 6) is 0. The molecule has 0 N–H and O–H groups in total. The minimum atomic E-state index is -3.67. The molecule has 74 valence electrons. The molecule has 1 atom stereocenters. The van der Waals surface area contributed by atoms with Gasteiger partial charge in [0.2, 0.25) is 0 Å². The summed E-state index contributed by atoms with van der Waals surface area (Å²) in [6.07, 6.45) is 4.91. The number of rotatable bonds is 0. The van der Waals surface area contributed by atoms with Crippen LogP contribution in [-0.4, -0.2) is 16.2 Å². The molecule has 1 aromatic heterocycles. The highest BCUT2D eigenvalue weighted by atomic mass is 32.1. The Morgan fingerprint density at radius 1 is 1.54 bits per heavy atom. The van der Waals surface area contributed by atoms with Crippen molar-refractivity contribution in [1.29, 1.82) is 0 Å². The van der Waals surface area contributed by atoms with Crippen molar-refractivity contribution in [3.63, 3.8) is 0 Å². The SMILES string of the molecule is FC(F)F.SC1CCn2cncc21. The summed E-state index contributed by atoms with van der Waals surface area (Å²) in [5.41, 5.74) is 1.26. The van der Waals surface area contributed by atoms with Gasteiger partial charge in [-0.3, -0.25) is 0 Å². The second kappa shape index (κ2) is 4.55. The molecule has 2 heterocycles. The Balaban J connectivity index is 0.000000184. The van der Waals surface area contributed by atoms with Crippen molar-refractivity contribution in [2.24, 2.45) is 0 Å². The molecule has 1 unspecified atom stereocenters. The molecule has 6 heteroatoms. The predicted octanol–water partition coefficient (Wildman–Crippen LogP) is 2.44. The van der Waals surface area contributed by atoms with Crippen LogP contribution in [0.5, 0.6) is 0 Å². The number of hydrogen-bond donors (Lipinski definition) is 1. The number of aryl methyl sites for hydroxylation is 1. The minimum Gasteiger partial charge on any atom is -0.334 e. The molecule has 0 saturated carbocycles. The minimum absolute atomic E-state index is 0.424. The zero-order valence-corrected chi connectivity index (χ0v) is 7.59. The second-order valence-corrected chi connectivity index (χ2v) is 3.19. The molecule has 13 heavy (non-hydrogen) atoms. The zero-order valence-electron chi connectivity index (χ0n) is 6.70. The number of hydrogen-bond acceptors (Lipinski definition) is 2. The van der Waals surface area contributed by atoms with Crippen LogP contribution < -0.4 is 0 Å². The molecule has 0 amide bonds. The predicted molar refractivity (Wildman–Crippen MR) is 45.7 cm³/mol. The van der Waals surface area contributed by atoms with Gasteiger partial charge in [0, 0.05) is 18.0 Å². The molecule has 0 fully saturated rings. The maximum absolute atomic E-state index is 9.67. The second-order valence-electron chi connectivity index (χ2n) is 2.56. The molecule has 0 aliphatic carbocycles. The summed E-state index contributed by atoms with van der Waals surface area (Å²) < 4.78 is 31.2. The van der Waals surface area contributed by atoms with E-state index in [1.165, 1.54) is 5.69 Å². The highest BCUT2D eigenvalue weighted by Crippen LogP contribution is 2.29. The molecule has 1 aromatic rings. The van der Waals surface area contributed by atoms with Gasteiger partial charge in [0.05, 0.1) is 12.0 Å². The first-order valence-corrected chi connectivity index (χ1v) is 4.23. The van der Waals surface area contributed by atoms with Crippen LogP contribution in [-0.2, 0) is 6.54 Å². The van der Waals surface area contributed by atoms with Crippen LogP contribution in [0.3, 0.4) is 0 Å². The van der Waals surface area contributed by atoms with Gasteiger partial charge < -0.3 is 4.57 Å². The lowest BCUT2D eigenvalue weighted by Crippen LogP contribution is -1.86. The van der Waals surface area contributed by atoms with Gasteiger partial charge in [-0.1, -0.05) is 0 Å². The molecule has 0 saturated heterocycles. The first-order chi connectivity index (χ1) is 6.11. The molecule has 2 nitrogen and oxygen atoms in total. The molecule has 0 aromatic carbocycles. The van der Waals surface area contributed by atoms with Gasteiger partial charge >= 0.3 is 6.68 Å². The summed E-state index contributed by atoms with van der Waals surface area (Å²) >= 11 is 4.38. The number of imidazole rings is 1. The number of aromatic nitrogens is 2. The Kier molecular flexibility index (Phi) is 3.65. The van der Waals surface area contributed by atoms with Crippen molar-refractivity contribution in [1.82, 2.24) is 9.55 Å². The van der Waals surface area contributed by atoms with E-state index in [4.69, 9.17) is 0 Å². The summed E-state index contributed by atoms with van der Waals surface area (Å²) in [6, 6.07) is 0.